The maximum absolute atomic E-state index is 5.85. The van der Waals surface area contributed by atoms with Crippen LogP contribution in [0.1, 0.15) is 12.5 Å². The summed E-state index contributed by atoms with van der Waals surface area (Å²) in [7, 11) is 0. The Morgan fingerprint density at radius 1 is 1.29 bits per heavy atom. The quantitative estimate of drug-likeness (QED) is 0.841. The Balaban J connectivity index is 2.20. The summed E-state index contributed by atoms with van der Waals surface area (Å²) in [5.74, 6) is 0. The Morgan fingerprint density at radius 2 is 2.12 bits per heavy atom. The smallest absolute Gasteiger partial charge is 0.116 e. The molecule has 1 aromatic heterocycles. The lowest BCUT2D eigenvalue weighted by Crippen LogP contribution is -2.18. The molecule has 88 valence electrons. The van der Waals surface area contributed by atoms with Crippen LogP contribution >= 0.6 is 11.8 Å². The number of benzene rings is 1. The molecule has 17 heavy (non-hydrogen) atoms. The molecule has 0 aliphatic rings. The second kappa shape index (κ2) is 5.80. The molecule has 0 bridgehead atoms. The van der Waals surface area contributed by atoms with E-state index in [2.05, 4.69) is 22.1 Å². The molecule has 0 spiro atoms. The van der Waals surface area contributed by atoms with E-state index in [9.17, 15) is 0 Å². The minimum atomic E-state index is 0.169. The van der Waals surface area contributed by atoms with E-state index in [1.54, 1.807) is 24.3 Å². The van der Waals surface area contributed by atoms with E-state index in [1.165, 1.54) is 10.5 Å². The SMILES string of the molecule is CC(N)Cc1ccccc1Sc1ccncn1. The number of aromatic nitrogens is 2. The fourth-order valence-electron chi connectivity index (χ4n) is 1.57. The van der Waals surface area contributed by atoms with Gasteiger partial charge in [0.05, 0.1) is 0 Å². The Bertz CT molecular complexity index is 471. The zero-order valence-corrected chi connectivity index (χ0v) is 10.5. The Labute approximate surface area is 105 Å². The summed E-state index contributed by atoms with van der Waals surface area (Å²) in [6, 6.07) is 10.4. The van der Waals surface area contributed by atoms with Crippen molar-refractivity contribution >= 4 is 11.8 Å². The molecule has 1 unspecified atom stereocenters. The average molecular weight is 245 g/mol. The van der Waals surface area contributed by atoms with E-state index < -0.39 is 0 Å². The molecule has 2 aromatic rings. The molecule has 0 fully saturated rings. The highest BCUT2D eigenvalue weighted by Gasteiger charge is 2.06. The van der Waals surface area contributed by atoms with Gasteiger partial charge < -0.3 is 5.73 Å². The largest absolute Gasteiger partial charge is 0.328 e. The molecule has 1 atom stereocenters. The highest BCUT2D eigenvalue weighted by atomic mass is 32.2. The van der Waals surface area contributed by atoms with Crippen LogP contribution < -0.4 is 5.73 Å². The number of nitrogens with two attached hydrogens (primary N) is 1. The zero-order valence-electron chi connectivity index (χ0n) is 9.71. The zero-order chi connectivity index (χ0) is 12.1. The van der Waals surface area contributed by atoms with Gasteiger partial charge in [0, 0.05) is 17.1 Å². The fraction of sp³-hybridized carbons (Fsp3) is 0.231. The van der Waals surface area contributed by atoms with Crippen molar-refractivity contribution < 1.29 is 0 Å². The molecule has 3 nitrogen and oxygen atoms in total. The summed E-state index contributed by atoms with van der Waals surface area (Å²) in [6.07, 6.45) is 4.20. The Kier molecular flexibility index (Phi) is 4.12. The van der Waals surface area contributed by atoms with E-state index in [4.69, 9.17) is 5.73 Å². The van der Waals surface area contributed by atoms with Crippen molar-refractivity contribution in [3.8, 4) is 0 Å². The van der Waals surface area contributed by atoms with E-state index in [0.717, 1.165) is 11.4 Å². The molecule has 1 aromatic carbocycles. The molecule has 2 rings (SSSR count). The fourth-order valence-corrected chi connectivity index (χ4v) is 2.45. The highest BCUT2D eigenvalue weighted by Crippen LogP contribution is 2.29. The summed E-state index contributed by atoms with van der Waals surface area (Å²) in [5, 5.41) is 0.956. The van der Waals surface area contributed by atoms with Crippen molar-refractivity contribution in [2.75, 3.05) is 0 Å². The molecule has 0 saturated heterocycles. The van der Waals surface area contributed by atoms with Gasteiger partial charge in [-0.25, -0.2) is 9.97 Å². The molecule has 0 radical (unpaired) electrons. The molecule has 0 saturated carbocycles. The Morgan fingerprint density at radius 3 is 2.82 bits per heavy atom. The van der Waals surface area contributed by atoms with Gasteiger partial charge in [-0.3, -0.25) is 0 Å². The lowest BCUT2D eigenvalue weighted by atomic mass is 10.1. The van der Waals surface area contributed by atoms with Crippen LogP contribution in [0.25, 0.3) is 0 Å². The van der Waals surface area contributed by atoms with Crippen LogP contribution in [0.4, 0.5) is 0 Å². The molecule has 2 N–H and O–H groups in total. The van der Waals surface area contributed by atoms with E-state index >= 15 is 0 Å². The first-order valence-electron chi connectivity index (χ1n) is 5.53. The Hall–Kier alpha value is -1.39. The molecule has 4 heteroatoms. The number of hydrogen-bond acceptors (Lipinski definition) is 4. The summed E-state index contributed by atoms with van der Waals surface area (Å²) in [4.78, 5) is 9.34. The molecule has 0 aliphatic heterocycles. The predicted octanol–water partition coefficient (Wildman–Crippen LogP) is 2.52. The van der Waals surface area contributed by atoms with Crippen LogP contribution in [-0.2, 0) is 6.42 Å². The summed E-state index contributed by atoms with van der Waals surface area (Å²) in [5.41, 5.74) is 7.12. The van der Waals surface area contributed by atoms with Gasteiger partial charge in [-0.05, 0) is 31.0 Å². The monoisotopic (exact) mass is 245 g/mol. The predicted molar refractivity (Wildman–Crippen MR) is 70.0 cm³/mol. The van der Waals surface area contributed by atoms with Crippen molar-refractivity contribution in [3.63, 3.8) is 0 Å². The van der Waals surface area contributed by atoms with Gasteiger partial charge in [0.15, 0.2) is 0 Å². The minimum absolute atomic E-state index is 0.169. The van der Waals surface area contributed by atoms with Crippen molar-refractivity contribution in [1.82, 2.24) is 9.97 Å². The van der Waals surface area contributed by atoms with Crippen LogP contribution in [-0.4, -0.2) is 16.0 Å². The maximum Gasteiger partial charge on any atom is 0.116 e. The first-order chi connectivity index (χ1) is 8.25. The number of nitrogens with zero attached hydrogens (tertiary/aromatic N) is 2. The van der Waals surface area contributed by atoms with Crippen LogP contribution in [0.3, 0.4) is 0 Å². The number of hydrogen-bond donors (Lipinski definition) is 1. The van der Waals surface area contributed by atoms with Gasteiger partial charge >= 0.3 is 0 Å². The second-order valence-corrected chi connectivity index (χ2v) is 5.00. The summed E-state index contributed by atoms with van der Waals surface area (Å²) >= 11 is 1.65. The van der Waals surface area contributed by atoms with Crippen LogP contribution in [0, 0.1) is 0 Å². The molecule has 0 aliphatic carbocycles. The minimum Gasteiger partial charge on any atom is -0.328 e. The molecule has 0 amide bonds. The standard InChI is InChI=1S/C13H15N3S/c1-10(14)8-11-4-2-3-5-12(11)17-13-6-7-15-9-16-13/h2-7,9-10H,8,14H2,1H3. The first kappa shape index (κ1) is 12.1. The van der Waals surface area contributed by atoms with E-state index in [1.807, 2.05) is 25.1 Å². The van der Waals surface area contributed by atoms with E-state index in [0.29, 0.717) is 0 Å². The summed E-state index contributed by atoms with van der Waals surface area (Å²) < 4.78 is 0. The average Bonchev–Trinajstić information content (AvgIpc) is 2.32. The third-order valence-electron chi connectivity index (χ3n) is 2.28. The van der Waals surface area contributed by atoms with Crippen LogP contribution in [0.2, 0.25) is 0 Å². The molecular formula is C13H15N3S. The van der Waals surface area contributed by atoms with Crippen LogP contribution in [0.5, 0.6) is 0 Å². The second-order valence-electron chi connectivity index (χ2n) is 3.94. The van der Waals surface area contributed by atoms with Gasteiger partial charge in [-0.1, -0.05) is 30.0 Å². The van der Waals surface area contributed by atoms with E-state index in [-0.39, 0.29) is 6.04 Å². The normalized spacial score (nSPS) is 12.4. The number of rotatable bonds is 4. The third kappa shape index (κ3) is 3.54. The van der Waals surface area contributed by atoms with Gasteiger partial charge in [-0.2, -0.15) is 0 Å². The lowest BCUT2D eigenvalue weighted by Gasteiger charge is -2.10. The van der Waals surface area contributed by atoms with Gasteiger partial charge in [-0.15, -0.1) is 0 Å². The third-order valence-corrected chi connectivity index (χ3v) is 3.35. The van der Waals surface area contributed by atoms with Crippen LogP contribution in [0.15, 0.2) is 52.8 Å². The highest BCUT2D eigenvalue weighted by molar-refractivity contribution is 7.99. The maximum atomic E-state index is 5.85. The van der Waals surface area contributed by atoms with Gasteiger partial charge in [0.2, 0.25) is 0 Å². The first-order valence-corrected chi connectivity index (χ1v) is 6.34. The van der Waals surface area contributed by atoms with Crippen molar-refractivity contribution in [1.29, 1.82) is 0 Å². The van der Waals surface area contributed by atoms with Gasteiger partial charge in [0.25, 0.3) is 0 Å². The lowest BCUT2D eigenvalue weighted by molar-refractivity contribution is 0.729. The topological polar surface area (TPSA) is 51.8 Å². The molecular weight excluding hydrogens is 230 g/mol. The summed E-state index contributed by atoms with van der Waals surface area (Å²) in [6.45, 7) is 2.02. The molecule has 1 heterocycles. The van der Waals surface area contributed by atoms with Crippen molar-refractivity contribution in [3.05, 3.63) is 48.4 Å². The van der Waals surface area contributed by atoms with Crippen molar-refractivity contribution in [2.24, 2.45) is 5.73 Å². The van der Waals surface area contributed by atoms with Crippen molar-refractivity contribution in [2.45, 2.75) is 29.3 Å². The van der Waals surface area contributed by atoms with Gasteiger partial charge in [0.1, 0.15) is 11.4 Å².